The molecule has 7 atom stereocenters. The molecule has 0 aliphatic heterocycles. The quantitative estimate of drug-likeness (QED) is 0.239. The molecule has 3 nitrogen and oxygen atoms in total. The molecule has 3 fully saturated rings. The largest absolute Gasteiger partial charge is 0.411 e. The number of allylic oxidation sites excluding steroid dienone is 2. The molecule has 0 amide bonds. The number of hydrogen-bond acceptors (Lipinski definition) is 3. The third kappa shape index (κ3) is 3.48. The summed E-state index contributed by atoms with van der Waals surface area (Å²) >= 11 is 0. The summed E-state index contributed by atoms with van der Waals surface area (Å²) in [5.74, 6) is 2.48. The van der Waals surface area contributed by atoms with Crippen molar-refractivity contribution in [1.82, 2.24) is 0 Å². The maximum absolute atomic E-state index is 10.2. The molecule has 2 N–H and O–H groups in total. The van der Waals surface area contributed by atoms with E-state index in [4.69, 9.17) is 0 Å². The van der Waals surface area contributed by atoms with Gasteiger partial charge in [0.2, 0.25) is 0 Å². The van der Waals surface area contributed by atoms with Gasteiger partial charge in [0.25, 0.3) is 0 Å². The molecule has 3 saturated carbocycles. The summed E-state index contributed by atoms with van der Waals surface area (Å²) in [7, 11) is 0. The van der Waals surface area contributed by atoms with Gasteiger partial charge in [0.1, 0.15) is 0 Å². The van der Waals surface area contributed by atoms with E-state index in [2.05, 4.69) is 68.4 Å². The average Bonchev–Trinajstić information content (AvgIpc) is 3.13. The molecule has 3 heteroatoms. The Balaban J connectivity index is 1.38. The minimum Gasteiger partial charge on any atom is -0.411 e. The predicted molar refractivity (Wildman–Crippen MR) is 131 cm³/mol. The number of fused-ring (bicyclic) bond motifs is 5. The smallest absolute Gasteiger partial charge is 0.0832 e. The first-order valence-corrected chi connectivity index (χ1v) is 12.7. The van der Waals surface area contributed by atoms with Crippen LogP contribution in [0.15, 0.2) is 47.1 Å². The third-order valence-corrected chi connectivity index (χ3v) is 10.1. The summed E-state index contributed by atoms with van der Waals surface area (Å²) in [6.07, 6.45) is 15.5. The van der Waals surface area contributed by atoms with Crippen molar-refractivity contribution >= 4 is 11.8 Å². The standard InChI is InChI=1S/C29H39NO2/c1-19-4-6-20(7-5-19)8-13-27(30-32)26-12-11-24-23-10-9-21-18-22(31)14-16-28(21,2)25(23)15-17-29(24,26)3/h4-9,13,22-26,31-32H,10-12,14-18H2,1-3H3/b13-8+,30-27-/t22?,23-,24-,25-,26?,28-,29-/m0/s1. The second-order valence-electron chi connectivity index (χ2n) is 11.6. The fraction of sp³-hybridized carbons (Fsp3) is 0.621. The Kier molecular flexibility index (Phi) is 5.60. The maximum Gasteiger partial charge on any atom is 0.0832 e. The Bertz CT molecular complexity index is 944. The zero-order valence-corrected chi connectivity index (χ0v) is 19.9. The Labute approximate surface area is 193 Å². The highest BCUT2D eigenvalue weighted by atomic mass is 16.4. The van der Waals surface area contributed by atoms with E-state index < -0.39 is 0 Å². The highest BCUT2D eigenvalue weighted by Gasteiger charge is 2.59. The molecule has 4 aliphatic rings. The first kappa shape index (κ1) is 21.9. The lowest BCUT2D eigenvalue weighted by Crippen LogP contribution is -2.51. The average molecular weight is 434 g/mol. The van der Waals surface area contributed by atoms with Crippen LogP contribution in [0.5, 0.6) is 0 Å². The summed E-state index contributed by atoms with van der Waals surface area (Å²) in [6.45, 7) is 7.06. The van der Waals surface area contributed by atoms with Crippen LogP contribution >= 0.6 is 0 Å². The molecule has 5 rings (SSSR count). The zero-order chi connectivity index (χ0) is 22.5. The van der Waals surface area contributed by atoms with Gasteiger partial charge in [0.15, 0.2) is 0 Å². The summed E-state index contributed by atoms with van der Waals surface area (Å²) in [4.78, 5) is 0. The molecule has 32 heavy (non-hydrogen) atoms. The van der Waals surface area contributed by atoms with E-state index in [1.807, 2.05) is 0 Å². The first-order chi connectivity index (χ1) is 15.3. The van der Waals surface area contributed by atoms with Gasteiger partial charge < -0.3 is 10.3 Å². The van der Waals surface area contributed by atoms with Gasteiger partial charge in [-0.25, -0.2) is 0 Å². The molecule has 2 unspecified atom stereocenters. The van der Waals surface area contributed by atoms with Crippen molar-refractivity contribution in [3.8, 4) is 0 Å². The molecule has 0 aromatic heterocycles. The number of aryl methyl sites for hydroxylation is 1. The second kappa shape index (κ2) is 8.17. The van der Waals surface area contributed by atoms with Gasteiger partial charge in [-0.1, -0.05) is 66.6 Å². The summed E-state index contributed by atoms with van der Waals surface area (Å²) in [6, 6.07) is 8.50. The van der Waals surface area contributed by atoms with Crippen LogP contribution < -0.4 is 0 Å². The summed E-state index contributed by atoms with van der Waals surface area (Å²) < 4.78 is 0. The van der Waals surface area contributed by atoms with Gasteiger partial charge in [0, 0.05) is 5.92 Å². The van der Waals surface area contributed by atoms with E-state index in [0.717, 1.165) is 48.8 Å². The van der Waals surface area contributed by atoms with Crippen LogP contribution in [0, 0.1) is 41.4 Å². The fourth-order valence-corrected chi connectivity index (χ4v) is 8.21. The second-order valence-corrected chi connectivity index (χ2v) is 11.6. The van der Waals surface area contributed by atoms with Crippen LogP contribution in [0.1, 0.15) is 76.3 Å². The number of nitrogens with zero attached hydrogens (tertiary/aromatic N) is 1. The summed E-state index contributed by atoms with van der Waals surface area (Å²) in [5, 5.41) is 24.0. The monoisotopic (exact) mass is 433 g/mol. The molecule has 1 aromatic carbocycles. The SMILES string of the molecule is Cc1ccc(/C=C/C(=N/O)C2CC[C@H]3[C@@H]4CC=C5CC(O)CC[C@]5(C)[C@H]4CC[C@]23C)cc1. The van der Waals surface area contributed by atoms with E-state index in [1.165, 1.54) is 36.8 Å². The number of aliphatic hydroxyl groups is 1. The minimum absolute atomic E-state index is 0.140. The van der Waals surface area contributed by atoms with Crippen LogP contribution in [0.3, 0.4) is 0 Å². The normalized spacial score (nSPS) is 41.7. The number of aliphatic hydroxyl groups excluding tert-OH is 1. The Morgan fingerprint density at radius 1 is 1.03 bits per heavy atom. The van der Waals surface area contributed by atoms with Gasteiger partial charge in [-0.3, -0.25) is 0 Å². The lowest BCUT2D eigenvalue weighted by molar-refractivity contribution is -0.0424. The third-order valence-electron chi connectivity index (χ3n) is 10.1. The zero-order valence-electron chi connectivity index (χ0n) is 19.9. The van der Waals surface area contributed by atoms with Crippen LogP contribution in [-0.2, 0) is 0 Å². The van der Waals surface area contributed by atoms with E-state index in [-0.39, 0.29) is 16.9 Å². The van der Waals surface area contributed by atoms with Crippen molar-refractivity contribution in [2.45, 2.75) is 78.2 Å². The van der Waals surface area contributed by atoms with E-state index in [1.54, 1.807) is 0 Å². The van der Waals surface area contributed by atoms with Crippen molar-refractivity contribution in [3.63, 3.8) is 0 Å². The van der Waals surface area contributed by atoms with Gasteiger partial charge in [-0.05, 0) is 98.5 Å². The lowest BCUT2D eigenvalue weighted by atomic mass is 9.47. The van der Waals surface area contributed by atoms with Crippen LogP contribution in [0.25, 0.3) is 6.08 Å². The molecule has 0 heterocycles. The van der Waals surface area contributed by atoms with Crippen molar-refractivity contribution < 1.29 is 10.3 Å². The van der Waals surface area contributed by atoms with E-state index >= 15 is 0 Å². The van der Waals surface area contributed by atoms with Crippen molar-refractivity contribution in [2.24, 2.45) is 39.7 Å². The molecular formula is C29H39NO2. The molecule has 0 bridgehead atoms. The van der Waals surface area contributed by atoms with Gasteiger partial charge in [-0.2, -0.15) is 0 Å². The number of oxime groups is 1. The topological polar surface area (TPSA) is 52.8 Å². The lowest BCUT2D eigenvalue weighted by Gasteiger charge is -2.58. The Hall–Kier alpha value is -1.87. The van der Waals surface area contributed by atoms with E-state index in [9.17, 15) is 10.3 Å². The van der Waals surface area contributed by atoms with Crippen molar-refractivity contribution in [2.75, 3.05) is 0 Å². The van der Waals surface area contributed by atoms with Crippen LogP contribution in [-0.4, -0.2) is 22.1 Å². The molecule has 0 saturated heterocycles. The molecule has 0 spiro atoms. The molecular weight excluding hydrogens is 394 g/mol. The van der Waals surface area contributed by atoms with Crippen LogP contribution in [0.2, 0.25) is 0 Å². The van der Waals surface area contributed by atoms with Crippen LogP contribution in [0.4, 0.5) is 0 Å². The number of hydrogen-bond donors (Lipinski definition) is 2. The number of benzene rings is 1. The van der Waals surface area contributed by atoms with Gasteiger partial charge in [-0.15, -0.1) is 0 Å². The predicted octanol–water partition coefficient (Wildman–Crippen LogP) is 6.78. The minimum atomic E-state index is -0.140. The highest BCUT2D eigenvalue weighted by Crippen LogP contribution is 2.66. The van der Waals surface area contributed by atoms with E-state index in [0.29, 0.717) is 11.8 Å². The first-order valence-electron chi connectivity index (χ1n) is 12.7. The fourth-order valence-electron chi connectivity index (χ4n) is 8.21. The van der Waals surface area contributed by atoms with Crippen molar-refractivity contribution in [3.05, 3.63) is 53.1 Å². The molecule has 1 aromatic rings. The molecule has 0 radical (unpaired) electrons. The molecule has 4 aliphatic carbocycles. The Morgan fingerprint density at radius 3 is 2.56 bits per heavy atom. The number of rotatable bonds is 3. The van der Waals surface area contributed by atoms with Gasteiger partial charge in [0.05, 0.1) is 11.8 Å². The maximum atomic E-state index is 10.2. The molecule has 172 valence electrons. The summed E-state index contributed by atoms with van der Waals surface area (Å²) in [5.41, 5.74) is 5.28. The Morgan fingerprint density at radius 2 is 1.81 bits per heavy atom. The van der Waals surface area contributed by atoms with Gasteiger partial charge >= 0.3 is 0 Å². The highest BCUT2D eigenvalue weighted by molar-refractivity contribution is 6.00. The van der Waals surface area contributed by atoms with Crippen molar-refractivity contribution in [1.29, 1.82) is 0 Å².